The van der Waals surface area contributed by atoms with Gasteiger partial charge in [0.25, 0.3) is 0 Å². The molecule has 0 atom stereocenters. The number of amides is 2. The normalized spacial score (nSPS) is 15.5. The Balaban J connectivity index is 2.14. The van der Waals surface area contributed by atoms with Gasteiger partial charge in [0.05, 0.1) is 19.0 Å². The SMILES string of the molecule is CN(C)C(=O)n1nc(C(C)(C)C)nc1SCC(=O)N1CCOCC1. The molecule has 0 unspecified atom stereocenters. The summed E-state index contributed by atoms with van der Waals surface area (Å²) in [5.74, 6) is 0.828. The van der Waals surface area contributed by atoms with E-state index < -0.39 is 0 Å². The third-order valence-corrected chi connectivity index (χ3v) is 4.41. The molecule has 134 valence electrons. The fraction of sp³-hybridized carbons (Fsp3) is 0.733. The zero-order valence-electron chi connectivity index (χ0n) is 14.9. The molecule has 24 heavy (non-hydrogen) atoms. The van der Waals surface area contributed by atoms with Gasteiger partial charge in [-0.2, -0.15) is 4.68 Å². The number of carbonyl (C=O) groups excluding carboxylic acids is 2. The van der Waals surface area contributed by atoms with Gasteiger partial charge < -0.3 is 14.5 Å². The van der Waals surface area contributed by atoms with Crippen LogP contribution in [-0.4, -0.2) is 82.7 Å². The molecule has 0 aliphatic carbocycles. The van der Waals surface area contributed by atoms with E-state index in [1.165, 1.54) is 21.3 Å². The van der Waals surface area contributed by atoms with Gasteiger partial charge in [0, 0.05) is 32.6 Å². The van der Waals surface area contributed by atoms with Crippen molar-refractivity contribution in [2.45, 2.75) is 31.3 Å². The van der Waals surface area contributed by atoms with Crippen LogP contribution in [0.2, 0.25) is 0 Å². The number of rotatable bonds is 3. The Morgan fingerprint density at radius 2 is 1.88 bits per heavy atom. The summed E-state index contributed by atoms with van der Waals surface area (Å²) < 4.78 is 6.53. The first-order chi connectivity index (χ1) is 11.2. The molecule has 1 aliphatic rings. The summed E-state index contributed by atoms with van der Waals surface area (Å²) in [6.45, 7) is 8.31. The average Bonchev–Trinajstić information content (AvgIpc) is 2.97. The van der Waals surface area contributed by atoms with Crippen LogP contribution in [-0.2, 0) is 14.9 Å². The smallest absolute Gasteiger partial charge is 0.346 e. The van der Waals surface area contributed by atoms with Crippen LogP contribution in [0.25, 0.3) is 0 Å². The van der Waals surface area contributed by atoms with Gasteiger partial charge in [-0.05, 0) is 0 Å². The van der Waals surface area contributed by atoms with Crippen LogP contribution in [0.15, 0.2) is 5.16 Å². The van der Waals surface area contributed by atoms with Gasteiger partial charge in [0.15, 0.2) is 11.0 Å². The van der Waals surface area contributed by atoms with Crippen molar-refractivity contribution < 1.29 is 14.3 Å². The quantitative estimate of drug-likeness (QED) is 0.754. The van der Waals surface area contributed by atoms with E-state index in [0.717, 1.165) is 0 Å². The Hall–Kier alpha value is -1.61. The van der Waals surface area contributed by atoms with E-state index in [1.807, 2.05) is 20.8 Å². The van der Waals surface area contributed by atoms with E-state index in [1.54, 1.807) is 19.0 Å². The summed E-state index contributed by atoms with van der Waals surface area (Å²) >= 11 is 1.24. The Labute approximate surface area is 146 Å². The van der Waals surface area contributed by atoms with Crippen molar-refractivity contribution in [3.05, 3.63) is 5.82 Å². The number of morpholine rings is 1. The van der Waals surface area contributed by atoms with Gasteiger partial charge >= 0.3 is 6.03 Å². The first kappa shape index (κ1) is 18.7. The molecule has 1 aliphatic heterocycles. The second-order valence-electron chi connectivity index (χ2n) is 6.84. The molecule has 1 saturated heterocycles. The summed E-state index contributed by atoms with van der Waals surface area (Å²) in [5.41, 5.74) is -0.276. The van der Waals surface area contributed by atoms with Crippen LogP contribution in [0.5, 0.6) is 0 Å². The van der Waals surface area contributed by atoms with Gasteiger partial charge in [-0.3, -0.25) is 4.79 Å². The fourth-order valence-corrected chi connectivity index (χ4v) is 2.88. The van der Waals surface area contributed by atoms with Gasteiger partial charge in [-0.25, -0.2) is 9.78 Å². The second kappa shape index (κ2) is 7.52. The minimum atomic E-state index is -0.278. The highest BCUT2D eigenvalue weighted by molar-refractivity contribution is 7.99. The standard InChI is InChI=1S/C15H25N5O3S/c1-15(2,3)12-16-13(20(17-12)14(22)18(4)5)24-10-11(21)19-6-8-23-9-7-19/h6-10H2,1-5H3. The van der Waals surface area contributed by atoms with E-state index in [0.29, 0.717) is 37.3 Å². The van der Waals surface area contributed by atoms with E-state index in [9.17, 15) is 9.59 Å². The lowest BCUT2D eigenvalue weighted by atomic mass is 9.96. The molecule has 0 N–H and O–H groups in total. The monoisotopic (exact) mass is 355 g/mol. The number of aromatic nitrogens is 3. The fourth-order valence-electron chi connectivity index (χ4n) is 2.05. The van der Waals surface area contributed by atoms with Crippen molar-refractivity contribution >= 4 is 23.7 Å². The number of thioether (sulfide) groups is 1. The van der Waals surface area contributed by atoms with Crippen LogP contribution in [0.4, 0.5) is 4.79 Å². The summed E-state index contributed by atoms with van der Waals surface area (Å²) in [6, 6.07) is -0.278. The van der Waals surface area contributed by atoms with Crippen LogP contribution >= 0.6 is 11.8 Å². The molecule has 0 saturated carbocycles. The predicted octanol–water partition coefficient (Wildman–Crippen LogP) is 1.06. The maximum Gasteiger partial charge on any atom is 0.346 e. The van der Waals surface area contributed by atoms with Crippen molar-refractivity contribution in [1.82, 2.24) is 24.6 Å². The zero-order valence-corrected chi connectivity index (χ0v) is 15.7. The van der Waals surface area contributed by atoms with Gasteiger partial charge in [0.1, 0.15) is 0 Å². The van der Waals surface area contributed by atoms with E-state index in [2.05, 4.69) is 10.1 Å². The highest BCUT2D eigenvalue weighted by atomic mass is 32.2. The maximum atomic E-state index is 12.3. The maximum absolute atomic E-state index is 12.3. The molecule has 0 bridgehead atoms. The lowest BCUT2D eigenvalue weighted by Crippen LogP contribution is -2.41. The van der Waals surface area contributed by atoms with Crippen LogP contribution in [0.1, 0.15) is 26.6 Å². The lowest BCUT2D eigenvalue weighted by Gasteiger charge is -2.26. The molecule has 0 radical (unpaired) electrons. The molecule has 1 aromatic rings. The molecule has 1 fully saturated rings. The van der Waals surface area contributed by atoms with Gasteiger partial charge in [0.2, 0.25) is 5.91 Å². The average molecular weight is 355 g/mol. The van der Waals surface area contributed by atoms with Crippen LogP contribution < -0.4 is 0 Å². The summed E-state index contributed by atoms with van der Waals surface area (Å²) in [5, 5.41) is 4.79. The Bertz CT molecular complexity index is 603. The minimum absolute atomic E-state index is 0.0208. The van der Waals surface area contributed by atoms with Crippen LogP contribution in [0, 0.1) is 0 Å². The second-order valence-corrected chi connectivity index (χ2v) is 7.78. The highest BCUT2D eigenvalue weighted by Gasteiger charge is 2.26. The molecule has 9 heteroatoms. The highest BCUT2D eigenvalue weighted by Crippen LogP contribution is 2.24. The minimum Gasteiger partial charge on any atom is -0.378 e. The number of nitrogens with zero attached hydrogens (tertiary/aromatic N) is 5. The summed E-state index contributed by atoms with van der Waals surface area (Å²) in [4.78, 5) is 32.3. The summed E-state index contributed by atoms with van der Waals surface area (Å²) in [6.07, 6.45) is 0. The Morgan fingerprint density at radius 1 is 1.25 bits per heavy atom. The van der Waals surface area contributed by atoms with Gasteiger partial charge in [-0.15, -0.1) is 5.10 Å². The molecule has 0 aromatic carbocycles. The lowest BCUT2D eigenvalue weighted by molar-refractivity contribution is -0.132. The predicted molar refractivity (Wildman–Crippen MR) is 91.3 cm³/mol. The molecule has 0 spiro atoms. The topological polar surface area (TPSA) is 80.6 Å². The molecule has 8 nitrogen and oxygen atoms in total. The van der Waals surface area contributed by atoms with Crippen LogP contribution in [0.3, 0.4) is 0 Å². The van der Waals surface area contributed by atoms with Gasteiger partial charge in [-0.1, -0.05) is 32.5 Å². The van der Waals surface area contributed by atoms with Crippen molar-refractivity contribution in [3.63, 3.8) is 0 Å². The van der Waals surface area contributed by atoms with E-state index in [4.69, 9.17) is 4.74 Å². The largest absolute Gasteiger partial charge is 0.378 e. The first-order valence-electron chi connectivity index (χ1n) is 7.87. The third-order valence-electron chi connectivity index (χ3n) is 3.50. The third kappa shape index (κ3) is 4.47. The van der Waals surface area contributed by atoms with Crippen molar-refractivity contribution in [1.29, 1.82) is 0 Å². The van der Waals surface area contributed by atoms with E-state index in [-0.39, 0.29) is 23.1 Å². The van der Waals surface area contributed by atoms with Crippen molar-refractivity contribution in [2.24, 2.45) is 0 Å². The Kier molecular flexibility index (Phi) is 5.87. The number of carbonyl (C=O) groups is 2. The zero-order chi connectivity index (χ0) is 17.9. The number of ether oxygens (including phenoxy) is 1. The molecule has 1 aromatic heterocycles. The van der Waals surface area contributed by atoms with Crippen molar-refractivity contribution in [2.75, 3.05) is 46.2 Å². The van der Waals surface area contributed by atoms with Crippen molar-refractivity contribution in [3.8, 4) is 0 Å². The molecule has 2 amide bonds. The molecule has 2 heterocycles. The molecular weight excluding hydrogens is 330 g/mol. The van der Waals surface area contributed by atoms with E-state index >= 15 is 0 Å². The first-order valence-corrected chi connectivity index (χ1v) is 8.86. The number of hydrogen-bond acceptors (Lipinski definition) is 6. The Morgan fingerprint density at radius 3 is 2.42 bits per heavy atom. The summed E-state index contributed by atoms with van der Waals surface area (Å²) in [7, 11) is 3.32. The molecular formula is C15H25N5O3S. The number of hydrogen-bond donors (Lipinski definition) is 0. The molecule has 2 rings (SSSR count).